The second-order valence-electron chi connectivity index (χ2n) is 12.3. The Morgan fingerprint density at radius 2 is 1.24 bits per heavy atom. The molecule has 46 heavy (non-hydrogen) atoms. The van der Waals surface area contributed by atoms with Crippen LogP contribution in [0.15, 0.2) is 121 Å². The highest BCUT2D eigenvalue weighted by Crippen LogP contribution is 2.47. The summed E-state index contributed by atoms with van der Waals surface area (Å²) in [7, 11) is 0. The molecular weight excluding hydrogens is 587 g/mol. The first-order valence-electron chi connectivity index (χ1n) is 16.4. The zero-order valence-electron chi connectivity index (χ0n) is 26.6. The van der Waals surface area contributed by atoms with E-state index < -0.39 is 24.6 Å². The Hall–Kier alpha value is -4.39. The number of carboxylic acid groups (broad SMARTS) is 1. The second kappa shape index (κ2) is 15.3. The number of benzene rings is 4. The average molecular weight is 631 g/mol. The van der Waals surface area contributed by atoms with Crippen LogP contribution in [0.25, 0.3) is 0 Å². The van der Waals surface area contributed by atoms with Gasteiger partial charge in [-0.05, 0) is 54.0 Å². The van der Waals surface area contributed by atoms with Crippen molar-refractivity contribution < 1.29 is 14.7 Å². The number of Topliss-reactive ketones (excluding diaryl/α,β-unsaturated/α-hetero) is 1. The maximum absolute atomic E-state index is 15.4. The summed E-state index contributed by atoms with van der Waals surface area (Å²) in [6, 6.07) is 41.0. The number of carbonyl (C=O) groups excluding carboxylic acids is 1. The van der Waals surface area contributed by atoms with Gasteiger partial charge in [-0.3, -0.25) is 9.69 Å². The zero-order chi connectivity index (χ0) is 32.4. The van der Waals surface area contributed by atoms with Crippen molar-refractivity contribution in [3.05, 3.63) is 127 Å². The van der Waals surface area contributed by atoms with Crippen LogP contribution in [0.3, 0.4) is 0 Å². The van der Waals surface area contributed by atoms with E-state index in [0.717, 1.165) is 47.2 Å². The molecule has 1 aliphatic rings. The van der Waals surface area contributed by atoms with Crippen molar-refractivity contribution in [1.29, 1.82) is 5.26 Å². The Bertz CT molecular complexity index is 1590. The highest BCUT2D eigenvalue weighted by Gasteiger charge is 2.48. The first-order valence-corrected chi connectivity index (χ1v) is 18.2. The summed E-state index contributed by atoms with van der Waals surface area (Å²) in [6.45, 7) is -0.965. The van der Waals surface area contributed by atoms with Crippen molar-refractivity contribution in [2.24, 2.45) is 0 Å². The van der Waals surface area contributed by atoms with Gasteiger partial charge in [-0.2, -0.15) is 5.26 Å². The maximum Gasteiger partial charge on any atom is 0.408 e. The smallest absolute Gasteiger partial charge is 0.408 e. The summed E-state index contributed by atoms with van der Waals surface area (Å²) in [4.78, 5) is 30.5. The van der Waals surface area contributed by atoms with Gasteiger partial charge in [0, 0.05) is 0 Å². The normalized spacial score (nSPS) is 14.9. The summed E-state index contributed by atoms with van der Waals surface area (Å²) < 4.78 is 0. The standard InChI is InChI=1S/C40H43N2O3P/c1-2-3-27-36(42(39(44)45)40(28-17-8-18-29-40)30-32-19-9-4-10-20-32)38(43)37(31-41)46(33-21-11-5-12-22-33,34-23-13-6-14-24-34)35-25-15-7-16-26-35/h4-7,9-16,19-26,36H,2-3,8,17-18,27-30H2,1H3,(H,44,45)/t36-/m0/s1. The number of hydrogen-bond acceptors (Lipinski definition) is 3. The summed E-state index contributed by atoms with van der Waals surface area (Å²) in [6.07, 6.45) is 5.49. The minimum Gasteiger partial charge on any atom is -0.465 e. The van der Waals surface area contributed by atoms with Crippen molar-refractivity contribution in [2.45, 2.75) is 76.3 Å². The van der Waals surface area contributed by atoms with Gasteiger partial charge < -0.3 is 5.11 Å². The van der Waals surface area contributed by atoms with E-state index in [-0.39, 0.29) is 11.1 Å². The van der Waals surface area contributed by atoms with Crippen LogP contribution in [0.1, 0.15) is 63.9 Å². The number of amides is 1. The number of hydrogen-bond donors (Lipinski definition) is 1. The first kappa shape index (κ1) is 33.0. The number of nitrogens with zero attached hydrogens (tertiary/aromatic N) is 2. The van der Waals surface area contributed by atoms with Crippen molar-refractivity contribution >= 4 is 40.0 Å². The van der Waals surface area contributed by atoms with Gasteiger partial charge in [0.15, 0.2) is 5.78 Å². The molecule has 1 atom stereocenters. The Kier molecular flexibility index (Phi) is 10.9. The molecule has 1 fully saturated rings. The number of ketones is 1. The van der Waals surface area contributed by atoms with Gasteiger partial charge in [0.2, 0.25) is 0 Å². The molecule has 0 aromatic heterocycles. The molecular formula is C40H43N2O3P. The lowest BCUT2D eigenvalue weighted by Gasteiger charge is -2.48. The largest absolute Gasteiger partial charge is 0.465 e. The number of carbonyl (C=O) groups is 2. The predicted molar refractivity (Wildman–Crippen MR) is 190 cm³/mol. The molecule has 5 nitrogen and oxygen atoms in total. The molecule has 0 aliphatic heterocycles. The molecule has 1 aliphatic carbocycles. The fraction of sp³-hybridized carbons (Fsp3) is 0.300. The SMILES string of the molecule is CCCC[C@@H](C(=O)C(C#N)=P(c1ccccc1)(c1ccccc1)c1ccccc1)N(C(=O)O)C1(Cc2ccccc2)CCCCC1. The van der Waals surface area contributed by atoms with E-state index in [9.17, 15) is 15.2 Å². The molecule has 0 saturated heterocycles. The van der Waals surface area contributed by atoms with E-state index in [0.29, 0.717) is 32.1 Å². The van der Waals surface area contributed by atoms with Crippen LogP contribution < -0.4 is 15.9 Å². The summed E-state index contributed by atoms with van der Waals surface area (Å²) in [5, 5.41) is 25.1. The topological polar surface area (TPSA) is 81.4 Å². The third-order valence-electron chi connectivity index (χ3n) is 9.43. The van der Waals surface area contributed by atoms with Crippen LogP contribution in [-0.2, 0) is 11.2 Å². The van der Waals surface area contributed by atoms with Crippen LogP contribution in [0.5, 0.6) is 0 Å². The lowest BCUT2D eigenvalue weighted by molar-refractivity contribution is -0.120. The molecule has 0 unspecified atom stereocenters. The van der Waals surface area contributed by atoms with Gasteiger partial charge >= 0.3 is 6.09 Å². The minimum atomic E-state index is -3.02. The molecule has 1 N–H and O–H groups in total. The predicted octanol–water partition coefficient (Wildman–Crippen LogP) is 7.73. The number of unbranched alkanes of at least 4 members (excludes halogenated alkanes) is 1. The van der Waals surface area contributed by atoms with E-state index >= 15 is 4.79 Å². The molecule has 0 heterocycles. The highest BCUT2D eigenvalue weighted by atomic mass is 31.2. The quantitative estimate of drug-likeness (QED) is 0.163. The monoisotopic (exact) mass is 630 g/mol. The van der Waals surface area contributed by atoms with Crippen molar-refractivity contribution in [2.75, 3.05) is 0 Å². The lowest BCUT2D eigenvalue weighted by atomic mass is 9.75. The summed E-state index contributed by atoms with van der Waals surface area (Å²) in [5.41, 5.74) is 0.314. The van der Waals surface area contributed by atoms with Crippen LogP contribution in [-0.4, -0.2) is 38.8 Å². The minimum absolute atomic E-state index is 0.147. The Balaban J connectivity index is 1.81. The molecule has 1 amide bonds. The average Bonchev–Trinajstić information content (AvgIpc) is 3.10. The van der Waals surface area contributed by atoms with E-state index in [1.807, 2.05) is 121 Å². The zero-order valence-corrected chi connectivity index (χ0v) is 27.5. The van der Waals surface area contributed by atoms with E-state index in [2.05, 4.69) is 13.0 Å². The van der Waals surface area contributed by atoms with Crippen molar-refractivity contribution in [1.82, 2.24) is 4.90 Å². The van der Waals surface area contributed by atoms with E-state index in [1.165, 1.54) is 4.90 Å². The van der Waals surface area contributed by atoms with Crippen LogP contribution >= 0.6 is 6.89 Å². The Labute approximate surface area is 273 Å². The van der Waals surface area contributed by atoms with Crippen molar-refractivity contribution in [3.8, 4) is 6.07 Å². The highest BCUT2D eigenvalue weighted by molar-refractivity contribution is 7.97. The molecule has 0 spiro atoms. The van der Waals surface area contributed by atoms with E-state index in [1.54, 1.807) is 0 Å². The van der Waals surface area contributed by atoms with Crippen LogP contribution in [0, 0.1) is 11.3 Å². The molecule has 4 aromatic rings. The summed E-state index contributed by atoms with van der Waals surface area (Å²) >= 11 is 0. The lowest BCUT2D eigenvalue weighted by Crippen LogP contribution is -2.61. The maximum atomic E-state index is 15.4. The third-order valence-corrected chi connectivity index (χ3v) is 13.6. The molecule has 0 bridgehead atoms. The molecule has 6 heteroatoms. The van der Waals surface area contributed by atoms with Gasteiger partial charge in [0.25, 0.3) is 0 Å². The first-order chi connectivity index (χ1) is 22.5. The molecule has 1 saturated carbocycles. The van der Waals surface area contributed by atoms with Crippen LogP contribution in [0.2, 0.25) is 0 Å². The fourth-order valence-electron chi connectivity index (χ4n) is 7.37. The molecule has 5 rings (SSSR count). The van der Waals surface area contributed by atoms with Crippen molar-refractivity contribution in [3.63, 3.8) is 0 Å². The fourth-order valence-corrected chi connectivity index (χ4v) is 11.5. The Morgan fingerprint density at radius 1 is 0.783 bits per heavy atom. The molecule has 4 aromatic carbocycles. The van der Waals surface area contributed by atoms with Gasteiger partial charge in [-0.1, -0.05) is 160 Å². The number of rotatable bonds is 12. The van der Waals surface area contributed by atoms with Gasteiger partial charge in [0.1, 0.15) is 11.4 Å². The van der Waals surface area contributed by atoms with Gasteiger partial charge in [-0.15, -0.1) is 0 Å². The van der Waals surface area contributed by atoms with Gasteiger partial charge in [0.05, 0.1) is 11.6 Å². The van der Waals surface area contributed by atoms with E-state index in [4.69, 9.17) is 0 Å². The Morgan fingerprint density at radius 3 is 1.65 bits per heavy atom. The molecule has 236 valence electrons. The van der Waals surface area contributed by atoms with Gasteiger partial charge in [-0.25, -0.2) is 4.79 Å². The number of nitriles is 1. The summed E-state index contributed by atoms with van der Waals surface area (Å²) in [5.74, 6) is -0.374. The molecule has 0 radical (unpaired) electrons. The second-order valence-corrected chi connectivity index (χ2v) is 15.6. The third kappa shape index (κ3) is 6.60. The van der Waals surface area contributed by atoms with Crippen LogP contribution in [0.4, 0.5) is 4.79 Å².